The van der Waals surface area contributed by atoms with Crippen molar-refractivity contribution >= 4 is 38.7 Å². The van der Waals surface area contributed by atoms with Crippen molar-refractivity contribution in [3.63, 3.8) is 0 Å². The van der Waals surface area contributed by atoms with E-state index in [1.165, 1.54) is 10.7 Å². The van der Waals surface area contributed by atoms with Gasteiger partial charge in [-0.05, 0) is 29.1 Å². The predicted molar refractivity (Wildman–Crippen MR) is 86.3 cm³/mol. The molecule has 21 heavy (non-hydrogen) atoms. The molecule has 4 nitrogen and oxygen atoms in total. The van der Waals surface area contributed by atoms with E-state index in [0.717, 1.165) is 16.2 Å². The number of thiophene rings is 1. The normalized spacial score (nSPS) is 18.9. The van der Waals surface area contributed by atoms with Crippen molar-refractivity contribution in [2.45, 2.75) is 12.5 Å². The van der Waals surface area contributed by atoms with Crippen LogP contribution in [0.5, 0.6) is 0 Å². The van der Waals surface area contributed by atoms with Crippen LogP contribution in [-0.2, 0) is 10.0 Å². The number of hydrogen-bond acceptors (Lipinski definition) is 4. The zero-order valence-corrected chi connectivity index (χ0v) is 13.6. The molecule has 1 aliphatic heterocycles. The van der Waals surface area contributed by atoms with Gasteiger partial charge in [0.25, 0.3) is 0 Å². The quantitative estimate of drug-likeness (QED) is 0.858. The summed E-state index contributed by atoms with van der Waals surface area (Å²) in [5.74, 6) is 0. The van der Waals surface area contributed by atoms with E-state index >= 15 is 0 Å². The number of sulfonamides is 1. The maximum Gasteiger partial charge on any atom is 0.247 e. The van der Waals surface area contributed by atoms with Crippen LogP contribution in [0.2, 0.25) is 5.02 Å². The summed E-state index contributed by atoms with van der Waals surface area (Å²) in [4.78, 5) is 1.00. The van der Waals surface area contributed by atoms with E-state index < -0.39 is 10.0 Å². The van der Waals surface area contributed by atoms with Crippen LogP contribution in [0.15, 0.2) is 46.9 Å². The minimum absolute atomic E-state index is 0.311. The van der Waals surface area contributed by atoms with Crippen LogP contribution in [0.25, 0.3) is 0 Å². The third-order valence-electron chi connectivity index (χ3n) is 3.27. The highest BCUT2D eigenvalue weighted by atomic mass is 35.5. The fourth-order valence-electron chi connectivity index (χ4n) is 2.32. The van der Waals surface area contributed by atoms with E-state index in [-0.39, 0.29) is 6.04 Å². The van der Waals surface area contributed by atoms with Crippen LogP contribution in [0.4, 0.5) is 0 Å². The Morgan fingerprint density at radius 1 is 1.29 bits per heavy atom. The lowest BCUT2D eigenvalue weighted by Crippen LogP contribution is -2.25. The van der Waals surface area contributed by atoms with Crippen molar-refractivity contribution in [3.8, 4) is 0 Å². The fourth-order valence-corrected chi connectivity index (χ4v) is 4.07. The monoisotopic (exact) mass is 340 g/mol. The van der Waals surface area contributed by atoms with Gasteiger partial charge in [-0.15, -0.1) is 11.3 Å². The summed E-state index contributed by atoms with van der Waals surface area (Å²) in [7, 11) is -3.42. The third kappa shape index (κ3) is 2.97. The Bertz CT molecular complexity index is 768. The summed E-state index contributed by atoms with van der Waals surface area (Å²) in [5, 5.41) is 6.90. The van der Waals surface area contributed by atoms with Gasteiger partial charge < -0.3 is 0 Å². The topological polar surface area (TPSA) is 49.7 Å². The lowest BCUT2D eigenvalue weighted by molar-refractivity contribution is 0.375. The number of hydrazone groups is 1. The first-order chi connectivity index (χ1) is 9.95. The Hall–Kier alpha value is -1.37. The Labute approximate surface area is 132 Å². The molecular weight excluding hydrogens is 328 g/mol. The molecule has 1 aliphatic rings. The van der Waals surface area contributed by atoms with E-state index in [2.05, 4.69) is 5.10 Å². The summed E-state index contributed by atoms with van der Waals surface area (Å²) in [6, 6.07) is 10.8. The SMILES string of the molecule is CS(=O)(=O)N1N=C(c2cccs2)CC1c1ccc(Cl)cc1. The van der Waals surface area contributed by atoms with Gasteiger partial charge in [-0.25, -0.2) is 8.42 Å². The van der Waals surface area contributed by atoms with Gasteiger partial charge in [0.1, 0.15) is 0 Å². The van der Waals surface area contributed by atoms with E-state index in [9.17, 15) is 8.42 Å². The molecule has 1 atom stereocenters. The molecule has 110 valence electrons. The molecule has 0 aliphatic carbocycles. The zero-order chi connectivity index (χ0) is 15.0. The molecule has 0 saturated carbocycles. The van der Waals surface area contributed by atoms with Gasteiger partial charge in [-0.1, -0.05) is 29.8 Å². The average molecular weight is 341 g/mol. The van der Waals surface area contributed by atoms with Crippen LogP contribution < -0.4 is 0 Å². The Kier molecular flexibility index (Phi) is 3.77. The van der Waals surface area contributed by atoms with Crippen LogP contribution in [0.3, 0.4) is 0 Å². The maximum absolute atomic E-state index is 12.0. The number of nitrogens with zero attached hydrogens (tertiary/aromatic N) is 2. The summed E-state index contributed by atoms with van der Waals surface area (Å²) >= 11 is 7.45. The number of benzene rings is 1. The van der Waals surface area contributed by atoms with Crippen LogP contribution in [0, 0.1) is 0 Å². The summed E-state index contributed by atoms with van der Waals surface area (Å²) in [6.07, 6.45) is 1.74. The van der Waals surface area contributed by atoms with Crippen molar-refractivity contribution in [3.05, 3.63) is 57.2 Å². The molecule has 0 saturated heterocycles. The van der Waals surface area contributed by atoms with Crippen molar-refractivity contribution in [1.82, 2.24) is 4.41 Å². The van der Waals surface area contributed by atoms with Gasteiger partial charge in [-0.3, -0.25) is 0 Å². The molecule has 2 heterocycles. The molecule has 0 bridgehead atoms. The Morgan fingerprint density at radius 3 is 2.57 bits per heavy atom. The van der Waals surface area contributed by atoms with Crippen molar-refractivity contribution < 1.29 is 8.42 Å². The van der Waals surface area contributed by atoms with E-state index in [4.69, 9.17) is 11.6 Å². The molecule has 7 heteroatoms. The first-order valence-corrected chi connectivity index (χ1v) is 9.42. The fraction of sp³-hybridized carbons (Fsp3) is 0.214. The third-order valence-corrected chi connectivity index (χ3v) is 5.46. The molecule has 1 unspecified atom stereocenters. The molecule has 2 aromatic rings. The highest BCUT2D eigenvalue weighted by Gasteiger charge is 2.34. The highest BCUT2D eigenvalue weighted by Crippen LogP contribution is 2.35. The Balaban J connectivity index is 2.00. The smallest absolute Gasteiger partial charge is 0.205 e. The van der Waals surface area contributed by atoms with Crippen molar-refractivity contribution in [2.24, 2.45) is 5.10 Å². The first-order valence-electron chi connectivity index (χ1n) is 6.31. The Morgan fingerprint density at radius 2 is 2.00 bits per heavy atom. The minimum Gasteiger partial charge on any atom is -0.205 e. The molecule has 1 aromatic heterocycles. The van der Waals surface area contributed by atoms with Gasteiger partial charge in [0, 0.05) is 11.4 Å². The lowest BCUT2D eigenvalue weighted by Gasteiger charge is -2.21. The van der Waals surface area contributed by atoms with Crippen LogP contribution in [-0.4, -0.2) is 24.8 Å². The molecule has 0 N–H and O–H groups in total. The molecule has 0 radical (unpaired) electrons. The molecule has 0 spiro atoms. The van der Waals surface area contributed by atoms with Crippen molar-refractivity contribution in [1.29, 1.82) is 0 Å². The molecule has 1 aromatic carbocycles. The summed E-state index contributed by atoms with van der Waals surface area (Å²) < 4.78 is 25.2. The number of halogens is 1. The van der Waals surface area contributed by atoms with Gasteiger partial charge in [0.2, 0.25) is 10.0 Å². The standard InChI is InChI=1S/C14H13ClN2O2S2/c1-21(18,19)17-13(10-4-6-11(15)7-5-10)9-12(16-17)14-3-2-8-20-14/h2-8,13H,9H2,1H3. The van der Waals surface area contributed by atoms with E-state index in [1.807, 2.05) is 29.6 Å². The van der Waals surface area contributed by atoms with E-state index in [1.54, 1.807) is 23.5 Å². The van der Waals surface area contributed by atoms with Gasteiger partial charge in [-0.2, -0.15) is 9.52 Å². The van der Waals surface area contributed by atoms with Gasteiger partial charge >= 0.3 is 0 Å². The lowest BCUT2D eigenvalue weighted by atomic mass is 10.0. The zero-order valence-electron chi connectivity index (χ0n) is 11.2. The largest absolute Gasteiger partial charge is 0.247 e. The molecule has 3 rings (SSSR count). The second-order valence-corrected chi connectivity index (χ2v) is 8.06. The second kappa shape index (κ2) is 5.44. The van der Waals surface area contributed by atoms with Gasteiger partial charge in [0.05, 0.1) is 22.9 Å². The maximum atomic E-state index is 12.0. The molecule has 0 amide bonds. The summed E-state index contributed by atoms with van der Waals surface area (Å²) in [5.41, 5.74) is 1.69. The molecule has 0 fully saturated rings. The van der Waals surface area contributed by atoms with Crippen molar-refractivity contribution in [2.75, 3.05) is 6.26 Å². The summed E-state index contributed by atoms with van der Waals surface area (Å²) in [6.45, 7) is 0. The number of hydrogen-bond donors (Lipinski definition) is 0. The minimum atomic E-state index is -3.42. The van der Waals surface area contributed by atoms with Gasteiger partial charge in [0.15, 0.2) is 0 Å². The highest BCUT2D eigenvalue weighted by molar-refractivity contribution is 7.88. The van der Waals surface area contributed by atoms with E-state index in [0.29, 0.717) is 11.4 Å². The second-order valence-electron chi connectivity index (χ2n) is 4.83. The van der Waals surface area contributed by atoms with Crippen LogP contribution in [0.1, 0.15) is 22.9 Å². The average Bonchev–Trinajstić information content (AvgIpc) is 3.07. The van der Waals surface area contributed by atoms with Crippen LogP contribution >= 0.6 is 22.9 Å². The molecular formula is C14H13ClN2O2S2. The predicted octanol–water partition coefficient (Wildman–Crippen LogP) is 3.51. The first kappa shape index (κ1) is 14.6. The number of rotatable bonds is 3.